The number of aromatic nitrogens is 4. The molecule has 0 unspecified atom stereocenters. The molecule has 1 amide bonds. The molecule has 1 N–H and O–H groups in total. The zero-order valence-electron chi connectivity index (χ0n) is 12.2. The number of hydrogen-bond donors (Lipinski definition) is 1. The summed E-state index contributed by atoms with van der Waals surface area (Å²) in [6.07, 6.45) is 2.74. The van der Waals surface area contributed by atoms with Gasteiger partial charge in [0, 0.05) is 12.7 Å². The first-order chi connectivity index (χ1) is 11.1. The van der Waals surface area contributed by atoms with E-state index < -0.39 is 0 Å². The zero-order chi connectivity index (χ0) is 16.4. The Hall–Kier alpha value is -3.47. The van der Waals surface area contributed by atoms with E-state index in [1.54, 1.807) is 31.3 Å². The Bertz CT molecular complexity index is 995. The molecule has 0 bridgehead atoms. The molecule has 8 nitrogen and oxygen atoms in total. The summed E-state index contributed by atoms with van der Waals surface area (Å²) in [4.78, 5) is 28.5. The number of benzene rings is 1. The molecule has 0 radical (unpaired) electrons. The highest BCUT2D eigenvalue weighted by molar-refractivity contribution is 5.90. The number of rotatable bonds is 3. The molecule has 0 saturated carbocycles. The van der Waals surface area contributed by atoms with Crippen LogP contribution in [0.25, 0.3) is 11.0 Å². The van der Waals surface area contributed by atoms with Gasteiger partial charge in [-0.2, -0.15) is 10.4 Å². The van der Waals surface area contributed by atoms with E-state index >= 15 is 0 Å². The number of carbonyl (C=O) groups excluding carboxylic acids is 1. The van der Waals surface area contributed by atoms with Crippen molar-refractivity contribution in [2.45, 2.75) is 6.54 Å². The summed E-state index contributed by atoms with van der Waals surface area (Å²) in [5.74, 6) is -0.382. The molecule has 2 heterocycles. The van der Waals surface area contributed by atoms with Crippen LogP contribution in [0.2, 0.25) is 0 Å². The van der Waals surface area contributed by atoms with Crippen molar-refractivity contribution in [1.29, 1.82) is 5.26 Å². The van der Waals surface area contributed by atoms with E-state index in [1.165, 1.54) is 21.8 Å². The van der Waals surface area contributed by atoms with Gasteiger partial charge in [-0.1, -0.05) is 6.07 Å². The molecular formula is C15H12N6O2. The van der Waals surface area contributed by atoms with Crippen LogP contribution in [0.1, 0.15) is 5.56 Å². The first kappa shape index (κ1) is 14.5. The van der Waals surface area contributed by atoms with Gasteiger partial charge in [-0.15, -0.1) is 0 Å². The van der Waals surface area contributed by atoms with Crippen LogP contribution in [0.15, 0.2) is 41.6 Å². The van der Waals surface area contributed by atoms with E-state index in [0.717, 1.165) is 0 Å². The van der Waals surface area contributed by atoms with Crippen molar-refractivity contribution in [3.63, 3.8) is 0 Å². The van der Waals surface area contributed by atoms with Gasteiger partial charge in [-0.25, -0.2) is 4.98 Å². The molecule has 0 aliphatic heterocycles. The van der Waals surface area contributed by atoms with Crippen molar-refractivity contribution in [3.05, 3.63) is 52.7 Å². The number of hydrogen-bond acceptors (Lipinski definition) is 5. The fourth-order valence-corrected chi connectivity index (χ4v) is 2.20. The third-order valence-electron chi connectivity index (χ3n) is 3.31. The number of nitrogens with one attached hydrogen (secondary N) is 1. The fourth-order valence-electron chi connectivity index (χ4n) is 2.20. The number of nitriles is 1. The molecule has 2 aromatic heterocycles. The average Bonchev–Trinajstić information content (AvgIpc) is 2.92. The van der Waals surface area contributed by atoms with Gasteiger partial charge in [0.15, 0.2) is 5.65 Å². The molecule has 0 aliphatic rings. The molecule has 3 rings (SSSR count). The molecule has 114 valence electrons. The molecule has 0 aliphatic carbocycles. The van der Waals surface area contributed by atoms with E-state index in [-0.39, 0.29) is 18.0 Å². The van der Waals surface area contributed by atoms with Crippen LogP contribution < -0.4 is 10.9 Å². The van der Waals surface area contributed by atoms with Gasteiger partial charge < -0.3 is 5.32 Å². The highest BCUT2D eigenvalue weighted by Gasteiger charge is 2.11. The minimum atomic E-state index is -0.382. The van der Waals surface area contributed by atoms with Gasteiger partial charge in [-0.05, 0) is 18.2 Å². The Morgan fingerprint density at radius 1 is 1.43 bits per heavy atom. The monoisotopic (exact) mass is 308 g/mol. The van der Waals surface area contributed by atoms with Crippen LogP contribution in [0.5, 0.6) is 0 Å². The molecular weight excluding hydrogens is 296 g/mol. The van der Waals surface area contributed by atoms with Crippen molar-refractivity contribution in [1.82, 2.24) is 19.3 Å². The van der Waals surface area contributed by atoms with E-state index in [2.05, 4.69) is 15.4 Å². The second-order valence-corrected chi connectivity index (χ2v) is 4.92. The van der Waals surface area contributed by atoms with Gasteiger partial charge in [0.25, 0.3) is 5.56 Å². The number of anilines is 1. The third kappa shape index (κ3) is 2.80. The maximum Gasteiger partial charge on any atom is 0.264 e. The summed E-state index contributed by atoms with van der Waals surface area (Å²) in [5, 5.41) is 15.8. The molecule has 1 aromatic carbocycles. The number of aryl methyl sites for hydroxylation is 1. The summed E-state index contributed by atoms with van der Waals surface area (Å²) < 4.78 is 2.71. The second kappa shape index (κ2) is 5.73. The SMILES string of the molecule is Cn1ncc2c(=O)n(CC(=O)Nc3cccc(C#N)c3)cnc21. The van der Waals surface area contributed by atoms with Gasteiger partial charge in [0.2, 0.25) is 5.91 Å². The van der Waals surface area contributed by atoms with Crippen LogP contribution in [-0.2, 0) is 18.4 Å². The van der Waals surface area contributed by atoms with Crippen molar-refractivity contribution >= 4 is 22.6 Å². The number of amides is 1. The molecule has 23 heavy (non-hydrogen) atoms. The maximum atomic E-state index is 12.3. The van der Waals surface area contributed by atoms with E-state index in [9.17, 15) is 9.59 Å². The summed E-state index contributed by atoms with van der Waals surface area (Å²) >= 11 is 0. The van der Waals surface area contributed by atoms with Crippen molar-refractivity contribution < 1.29 is 4.79 Å². The van der Waals surface area contributed by atoms with Crippen LogP contribution in [0.4, 0.5) is 5.69 Å². The van der Waals surface area contributed by atoms with E-state index in [0.29, 0.717) is 22.3 Å². The summed E-state index contributed by atoms with van der Waals surface area (Å²) in [6, 6.07) is 8.54. The zero-order valence-corrected chi connectivity index (χ0v) is 12.2. The molecule has 8 heteroatoms. The summed E-state index contributed by atoms with van der Waals surface area (Å²) in [7, 11) is 1.69. The molecule has 3 aromatic rings. The van der Waals surface area contributed by atoms with Crippen molar-refractivity contribution in [2.24, 2.45) is 7.05 Å². The minimum absolute atomic E-state index is 0.173. The van der Waals surface area contributed by atoms with Crippen molar-refractivity contribution in [3.8, 4) is 6.07 Å². The van der Waals surface area contributed by atoms with Gasteiger partial charge in [0.1, 0.15) is 18.3 Å². The van der Waals surface area contributed by atoms with E-state index in [1.807, 2.05) is 6.07 Å². The highest BCUT2D eigenvalue weighted by atomic mass is 16.2. The quantitative estimate of drug-likeness (QED) is 0.764. The normalized spacial score (nSPS) is 10.4. The second-order valence-electron chi connectivity index (χ2n) is 4.92. The summed E-state index contributed by atoms with van der Waals surface area (Å²) in [6.45, 7) is -0.173. The van der Waals surface area contributed by atoms with Crippen LogP contribution in [-0.4, -0.2) is 25.2 Å². The topological polar surface area (TPSA) is 106 Å². The summed E-state index contributed by atoms with van der Waals surface area (Å²) in [5.41, 5.74) is 1.08. The molecule has 0 spiro atoms. The molecule has 0 fully saturated rings. The molecule has 0 atom stereocenters. The van der Waals surface area contributed by atoms with Crippen LogP contribution in [0.3, 0.4) is 0 Å². The van der Waals surface area contributed by atoms with Crippen LogP contribution in [0, 0.1) is 11.3 Å². The molecule has 0 saturated heterocycles. The lowest BCUT2D eigenvalue weighted by molar-refractivity contribution is -0.116. The fraction of sp³-hybridized carbons (Fsp3) is 0.133. The largest absolute Gasteiger partial charge is 0.324 e. The van der Waals surface area contributed by atoms with E-state index in [4.69, 9.17) is 5.26 Å². The lowest BCUT2D eigenvalue weighted by atomic mass is 10.2. The third-order valence-corrected chi connectivity index (χ3v) is 3.31. The van der Waals surface area contributed by atoms with Gasteiger partial charge in [-0.3, -0.25) is 18.8 Å². The highest BCUT2D eigenvalue weighted by Crippen LogP contribution is 2.10. The average molecular weight is 308 g/mol. The smallest absolute Gasteiger partial charge is 0.264 e. The Morgan fingerprint density at radius 2 is 2.26 bits per heavy atom. The number of carbonyl (C=O) groups is 1. The lowest BCUT2D eigenvalue weighted by Crippen LogP contribution is -2.27. The number of fused-ring (bicyclic) bond motifs is 1. The first-order valence-corrected chi connectivity index (χ1v) is 6.75. The van der Waals surface area contributed by atoms with Crippen LogP contribution >= 0.6 is 0 Å². The predicted molar refractivity (Wildman–Crippen MR) is 82.6 cm³/mol. The standard InChI is InChI=1S/C15H12N6O2/c1-20-14-12(7-18-20)15(23)21(9-17-14)8-13(22)19-11-4-2-3-10(5-11)6-16/h2-5,7,9H,8H2,1H3,(H,19,22). The first-order valence-electron chi connectivity index (χ1n) is 6.75. The Kier molecular flexibility index (Phi) is 3.60. The lowest BCUT2D eigenvalue weighted by Gasteiger charge is -2.07. The Balaban J connectivity index is 1.81. The Morgan fingerprint density at radius 3 is 3.04 bits per heavy atom. The predicted octanol–water partition coefficient (Wildman–Crippen LogP) is 0.640. The Labute approximate surface area is 130 Å². The van der Waals surface area contributed by atoms with Gasteiger partial charge in [0.05, 0.1) is 17.8 Å². The van der Waals surface area contributed by atoms with Gasteiger partial charge >= 0.3 is 0 Å². The minimum Gasteiger partial charge on any atom is -0.324 e. The number of nitrogens with zero attached hydrogens (tertiary/aromatic N) is 5. The maximum absolute atomic E-state index is 12.3. The van der Waals surface area contributed by atoms with Crippen molar-refractivity contribution in [2.75, 3.05) is 5.32 Å².